The summed E-state index contributed by atoms with van der Waals surface area (Å²) < 4.78 is 33.3. The van der Waals surface area contributed by atoms with E-state index in [-0.39, 0.29) is 36.3 Å². The van der Waals surface area contributed by atoms with Crippen molar-refractivity contribution in [2.75, 3.05) is 44.9 Å². The van der Waals surface area contributed by atoms with Gasteiger partial charge in [0.05, 0.1) is 18.7 Å². The Balaban J connectivity index is 1.30. The number of ether oxygens (including phenoxy) is 1. The van der Waals surface area contributed by atoms with Gasteiger partial charge in [0.1, 0.15) is 17.8 Å². The third kappa shape index (κ3) is 5.63. The van der Waals surface area contributed by atoms with Crippen molar-refractivity contribution in [3.63, 3.8) is 0 Å². The highest BCUT2D eigenvalue weighted by molar-refractivity contribution is 7.89. The number of anilines is 1. The van der Waals surface area contributed by atoms with Crippen LogP contribution in [0.5, 0.6) is 5.75 Å². The molecule has 210 valence electrons. The second kappa shape index (κ2) is 11.6. The number of benzene rings is 2. The van der Waals surface area contributed by atoms with Gasteiger partial charge in [-0.15, -0.1) is 0 Å². The van der Waals surface area contributed by atoms with Crippen LogP contribution >= 0.6 is 0 Å². The third-order valence-electron chi connectivity index (χ3n) is 8.48. The molecule has 0 unspecified atom stereocenters. The van der Waals surface area contributed by atoms with Crippen molar-refractivity contribution in [1.29, 1.82) is 0 Å². The predicted octanol–water partition coefficient (Wildman–Crippen LogP) is 3.22. The minimum absolute atomic E-state index is 0.00446. The fourth-order valence-electron chi connectivity index (χ4n) is 6.19. The van der Waals surface area contributed by atoms with Gasteiger partial charge in [-0.2, -0.15) is 4.31 Å². The SMILES string of the molecule is COc1ccc(S(=O)(=O)N2CCC3(CC2)C(=O)N(CC(=O)NCC2CCCCC2)CN3c2ccccc2)cc1. The van der Waals surface area contributed by atoms with Crippen LogP contribution in [0.2, 0.25) is 0 Å². The van der Waals surface area contributed by atoms with Gasteiger partial charge in [-0.25, -0.2) is 8.42 Å². The third-order valence-corrected chi connectivity index (χ3v) is 10.4. The first-order valence-electron chi connectivity index (χ1n) is 13.9. The zero-order valence-electron chi connectivity index (χ0n) is 22.5. The van der Waals surface area contributed by atoms with Crippen molar-refractivity contribution in [2.45, 2.75) is 55.4 Å². The fourth-order valence-corrected chi connectivity index (χ4v) is 7.64. The average Bonchev–Trinajstić information content (AvgIpc) is 3.23. The maximum atomic E-state index is 13.9. The lowest BCUT2D eigenvalue weighted by molar-refractivity contribution is -0.137. The van der Waals surface area contributed by atoms with Crippen LogP contribution in [0, 0.1) is 5.92 Å². The first kappa shape index (κ1) is 27.5. The molecule has 1 aliphatic carbocycles. The van der Waals surface area contributed by atoms with E-state index in [1.54, 1.807) is 29.2 Å². The summed E-state index contributed by atoms with van der Waals surface area (Å²) in [5, 5.41) is 3.05. The highest BCUT2D eigenvalue weighted by atomic mass is 32.2. The van der Waals surface area contributed by atoms with Crippen LogP contribution in [0.25, 0.3) is 0 Å². The van der Waals surface area contributed by atoms with Crippen molar-refractivity contribution in [1.82, 2.24) is 14.5 Å². The van der Waals surface area contributed by atoms with E-state index in [0.29, 0.717) is 37.7 Å². The van der Waals surface area contributed by atoms with Crippen LogP contribution in [-0.2, 0) is 19.6 Å². The summed E-state index contributed by atoms with van der Waals surface area (Å²) in [6, 6.07) is 16.1. The van der Waals surface area contributed by atoms with Gasteiger partial charge in [0.2, 0.25) is 21.8 Å². The minimum atomic E-state index is -3.71. The summed E-state index contributed by atoms with van der Waals surface area (Å²) in [4.78, 5) is 30.7. The molecule has 0 atom stereocenters. The minimum Gasteiger partial charge on any atom is -0.497 e. The van der Waals surface area contributed by atoms with Crippen LogP contribution in [0.3, 0.4) is 0 Å². The zero-order valence-corrected chi connectivity index (χ0v) is 23.4. The lowest BCUT2D eigenvalue weighted by atomic mass is 9.86. The molecule has 1 saturated carbocycles. The number of nitrogens with one attached hydrogen (secondary N) is 1. The van der Waals surface area contributed by atoms with Crippen molar-refractivity contribution in [3.8, 4) is 5.75 Å². The summed E-state index contributed by atoms with van der Waals surface area (Å²) in [5.41, 5.74) is -0.000799. The molecule has 2 aromatic rings. The summed E-state index contributed by atoms with van der Waals surface area (Å²) in [6.45, 7) is 1.39. The number of hydrogen-bond acceptors (Lipinski definition) is 6. The molecule has 1 N–H and O–H groups in total. The number of amides is 2. The lowest BCUT2D eigenvalue weighted by Crippen LogP contribution is -2.57. The normalized spacial score (nSPS) is 20.4. The number of para-hydroxylation sites is 1. The molecule has 2 amide bonds. The van der Waals surface area contributed by atoms with Gasteiger partial charge >= 0.3 is 0 Å². The number of carbonyl (C=O) groups is 2. The fraction of sp³-hybridized carbons (Fsp3) is 0.517. The number of hydrogen-bond donors (Lipinski definition) is 1. The van der Waals surface area contributed by atoms with Gasteiger partial charge in [0.15, 0.2) is 0 Å². The molecule has 2 saturated heterocycles. The molecule has 0 aromatic heterocycles. The van der Waals surface area contributed by atoms with Gasteiger partial charge in [-0.05, 0) is 68.0 Å². The van der Waals surface area contributed by atoms with E-state index in [9.17, 15) is 18.0 Å². The summed E-state index contributed by atoms with van der Waals surface area (Å²) in [5.74, 6) is 0.852. The molecule has 3 fully saturated rings. The molecule has 2 aromatic carbocycles. The maximum Gasteiger partial charge on any atom is 0.250 e. The Bertz CT molecular complexity index is 1250. The second-order valence-electron chi connectivity index (χ2n) is 10.8. The Kier molecular flexibility index (Phi) is 8.13. The van der Waals surface area contributed by atoms with E-state index >= 15 is 0 Å². The smallest absolute Gasteiger partial charge is 0.250 e. The Morgan fingerprint density at radius 1 is 1.00 bits per heavy atom. The highest BCUT2D eigenvalue weighted by Gasteiger charge is 2.55. The molecular formula is C29H38N4O5S. The van der Waals surface area contributed by atoms with Crippen LogP contribution in [0.15, 0.2) is 59.5 Å². The Labute approximate surface area is 231 Å². The van der Waals surface area contributed by atoms with Crippen molar-refractivity contribution in [3.05, 3.63) is 54.6 Å². The monoisotopic (exact) mass is 554 g/mol. The number of methoxy groups -OCH3 is 1. The molecule has 2 heterocycles. The summed E-state index contributed by atoms with van der Waals surface area (Å²) >= 11 is 0. The molecule has 2 aliphatic heterocycles. The van der Waals surface area contributed by atoms with Gasteiger partial charge in [0.25, 0.3) is 0 Å². The topological polar surface area (TPSA) is 99.3 Å². The molecule has 39 heavy (non-hydrogen) atoms. The number of nitrogens with zero attached hydrogens (tertiary/aromatic N) is 3. The van der Waals surface area contributed by atoms with E-state index in [4.69, 9.17) is 4.74 Å². The van der Waals surface area contributed by atoms with Gasteiger partial charge in [-0.1, -0.05) is 37.5 Å². The first-order valence-corrected chi connectivity index (χ1v) is 15.3. The molecular weight excluding hydrogens is 516 g/mol. The lowest BCUT2D eigenvalue weighted by Gasteiger charge is -2.42. The molecule has 5 rings (SSSR count). The van der Waals surface area contributed by atoms with E-state index in [2.05, 4.69) is 10.2 Å². The van der Waals surface area contributed by atoms with Crippen molar-refractivity contribution < 1.29 is 22.7 Å². The molecule has 0 bridgehead atoms. The standard InChI is InChI=1S/C29H38N4O5S/c1-38-25-12-14-26(15-13-25)39(36,37)32-18-16-29(17-19-32)28(35)31(22-33(29)24-10-6-3-7-11-24)21-27(34)30-20-23-8-4-2-5-9-23/h3,6-7,10-15,23H,2,4-5,8-9,16-22H2,1H3,(H,30,34). The van der Waals surface area contributed by atoms with Gasteiger partial charge < -0.3 is 19.9 Å². The summed E-state index contributed by atoms with van der Waals surface area (Å²) in [7, 11) is -2.18. The van der Waals surface area contributed by atoms with E-state index in [1.165, 1.54) is 30.7 Å². The van der Waals surface area contributed by atoms with E-state index in [0.717, 1.165) is 18.5 Å². The molecule has 0 radical (unpaired) electrons. The van der Waals surface area contributed by atoms with Crippen LogP contribution < -0.4 is 15.0 Å². The van der Waals surface area contributed by atoms with Gasteiger partial charge in [-0.3, -0.25) is 9.59 Å². The van der Waals surface area contributed by atoms with Crippen LogP contribution in [0.1, 0.15) is 44.9 Å². The molecule has 1 spiro atoms. The van der Waals surface area contributed by atoms with Gasteiger partial charge in [0, 0.05) is 25.3 Å². The zero-order chi connectivity index (χ0) is 27.5. The molecule has 9 nitrogen and oxygen atoms in total. The van der Waals surface area contributed by atoms with Crippen LogP contribution in [0.4, 0.5) is 5.69 Å². The maximum absolute atomic E-state index is 13.9. The van der Waals surface area contributed by atoms with E-state index in [1.807, 2.05) is 30.3 Å². The highest BCUT2D eigenvalue weighted by Crippen LogP contribution is 2.40. The Morgan fingerprint density at radius 2 is 1.67 bits per heavy atom. The summed E-state index contributed by atoms with van der Waals surface area (Å²) in [6.07, 6.45) is 6.67. The first-order chi connectivity index (χ1) is 18.8. The largest absolute Gasteiger partial charge is 0.497 e. The molecule has 10 heteroatoms. The van der Waals surface area contributed by atoms with E-state index < -0.39 is 15.6 Å². The average molecular weight is 555 g/mol. The molecule has 3 aliphatic rings. The number of carbonyl (C=O) groups excluding carboxylic acids is 2. The van der Waals surface area contributed by atoms with Crippen molar-refractivity contribution in [2.24, 2.45) is 5.92 Å². The predicted molar refractivity (Wildman–Crippen MR) is 149 cm³/mol. The number of sulfonamides is 1. The van der Waals surface area contributed by atoms with Crippen LogP contribution in [-0.4, -0.2) is 74.9 Å². The second-order valence-corrected chi connectivity index (χ2v) is 12.8. The Hall–Kier alpha value is -3.11. The van der Waals surface area contributed by atoms with Crippen molar-refractivity contribution >= 4 is 27.5 Å². The quantitative estimate of drug-likeness (QED) is 0.538. The number of rotatable bonds is 8. The number of piperidine rings is 1. The Morgan fingerprint density at radius 3 is 2.31 bits per heavy atom.